The summed E-state index contributed by atoms with van der Waals surface area (Å²) in [5.41, 5.74) is 1.52. The summed E-state index contributed by atoms with van der Waals surface area (Å²) >= 11 is 0. The first-order chi connectivity index (χ1) is 10.8. The minimum Gasteiger partial charge on any atom is -0.497 e. The van der Waals surface area contributed by atoms with Crippen LogP contribution in [0.5, 0.6) is 5.75 Å². The Labute approximate surface area is 126 Å². The molecule has 3 rings (SSSR count). The van der Waals surface area contributed by atoms with Gasteiger partial charge >= 0.3 is 0 Å². The van der Waals surface area contributed by atoms with Crippen LogP contribution in [0.3, 0.4) is 0 Å². The number of nitrogens with one attached hydrogen (secondary N) is 1. The van der Waals surface area contributed by atoms with E-state index in [1.807, 2.05) is 24.3 Å². The van der Waals surface area contributed by atoms with E-state index >= 15 is 0 Å². The van der Waals surface area contributed by atoms with Crippen LogP contribution in [-0.4, -0.2) is 18.2 Å². The van der Waals surface area contributed by atoms with E-state index in [0.717, 1.165) is 11.3 Å². The van der Waals surface area contributed by atoms with E-state index in [1.54, 1.807) is 25.3 Å². The smallest absolute Gasteiger partial charge is 0.287 e. The van der Waals surface area contributed by atoms with Crippen molar-refractivity contribution in [1.82, 2.24) is 10.5 Å². The highest BCUT2D eigenvalue weighted by atomic mass is 16.5. The number of methoxy groups -OCH3 is 1. The Bertz CT molecular complexity index is 745. The molecule has 0 unspecified atom stereocenters. The van der Waals surface area contributed by atoms with Gasteiger partial charge in [-0.3, -0.25) is 4.79 Å². The van der Waals surface area contributed by atoms with Gasteiger partial charge in [0, 0.05) is 11.6 Å². The van der Waals surface area contributed by atoms with Crippen LogP contribution in [0.1, 0.15) is 16.2 Å². The second-order valence-electron chi connectivity index (χ2n) is 4.57. The minimum atomic E-state index is -0.293. The van der Waals surface area contributed by atoms with Crippen LogP contribution in [0.15, 0.2) is 57.7 Å². The summed E-state index contributed by atoms with van der Waals surface area (Å²) in [6, 6.07) is 12.5. The van der Waals surface area contributed by atoms with E-state index in [1.165, 1.54) is 6.26 Å². The average molecular weight is 298 g/mol. The zero-order valence-corrected chi connectivity index (χ0v) is 11.9. The maximum Gasteiger partial charge on any atom is 0.287 e. The molecule has 0 aliphatic heterocycles. The third-order valence-corrected chi connectivity index (χ3v) is 3.11. The Morgan fingerprint density at radius 1 is 1.27 bits per heavy atom. The first-order valence-electron chi connectivity index (χ1n) is 6.68. The number of hydrogen-bond donors (Lipinski definition) is 1. The van der Waals surface area contributed by atoms with E-state index in [4.69, 9.17) is 13.7 Å². The number of furan rings is 1. The van der Waals surface area contributed by atoms with Crippen LogP contribution in [0.25, 0.3) is 11.3 Å². The molecule has 0 aliphatic carbocycles. The van der Waals surface area contributed by atoms with Gasteiger partial charge in [0.15, 0.2) is 11.5 Å². The van der Waals surface area contributed by atoms with Gasteiger partial charge in [0.2, 0.25) is 0 Å². The van der Waals surface area contributed by atoms with Crippen LogP contribution in [0.2, 0.25) is 0 Å². The predicted molar refractivity (Wildman–Crippen MR) is 78.4 cm³/mol. The first kappa shape index (κ1) is 13.9. The molecule has 6 heteroatoms. The lowest BCUT2D eigenvalue weighted by Gasteiger charge is -1.99. The summed E-state index contributed by atoms with van der Waals surface area (Å²) in [6.07, 6.45) is 1.45. The van der Waals surface area contributed by atoms with E-state index in [-0.39, 0.29) is 18.2 Å². The van der Waals surface area contributed by atoms with Crippen LogP contribution < -0.4 is 10.1 Å². The second-order valence-corrected chi connectivity index (χ2v) is 4.57. The molecule has 2 heterocycles. The molecule has 1 aromatic carbocycles. The lowest BCUT2D eigenvalue weighted by molar-refractivity contribution is 0.0922. The number of ether oxygens (including phenoxy) is 1. The van der Waals surface area contributed by atoms with E-state index in [2.05, 4.69) is 10.5 Å². The highest BCUT2D eigenvalue weighted by Crippen LogP contribution is 2.23. The maximum atomic E-state index is 11.7. The van der Waals surface area contributed by atoms with Crippen molar-refractivity contribution >= 4 is 5.91 Å². The fourth-order valence-corrected chi connectivity index (χ4v) is 1.95. The molecule has 6 nitrogen and oxygen atoms in total. The van der Waals surface area contributed by atoms with Gasteiger partial charge in [-0.1, -0.05) is 5.16 Å². The van der Waals surface area contributed by atoms with Gasteiger partial charge in [0.1, 0.15) is 11.4 Å². The van der Waals surface area contributed by atoms with Gasteiger partial charge < -0.3 is 19.0 Å². The molecule has 0 aliphatic rings. The summed E-state index contributed by atoms with van der Waals surface area (Å²) in [5.74, 6) is 1.37. The quantitative estimate of drug-likeness (QED) is 0.783. The molecule has 1 amide bonds. The maximum absolute atomic E-state index is 11.7. The van der Waals surface area contributed by atoms with Crippen molar-refractivity contribution in [2.75, 3.05) is 7.11 Å². The molecule has 22 heavy (non-hydrogen) atoms. The summed E-state index contributed by atoms with van der Waals surface area (Å²) in [5, 5.41) is 6.65. The van der Waals surface area contributed by atoms with Gasteiger partial charge in [-0.05, 0) is 36.4 Å². The van der Waals surface area contributed by atoms with Crippen LogP contribution in [-0.2, 0) is 6.54 Å². The van der Waals surface area contributed by atoms with Crippen molar-refractivity contribution in [2.45, 2.75) is 6.54 Å². The summed E-state index contributed by atoms with van der Waals surface area (Å²) < 4.78 is 15.4. The average Bonchev–Trinajstić information content (AvgIpc) is 3.24. The largest absolute Gasteiger partial charge is 0.497 e. The minimum absolute atomic E-state index is 0.263. The molecule has 112 valence electrons. The Kier molecular flexibility index (Phi) is 3.91. The van der Waals surface area contributed by atoms with Crippen molar-refractivity contribution in [2.24, 2.45) is 0 Å². The molecule has 2 aromatic heterocycles. The number of carbonyl (C=O) groups excluding carboxylic acids is 1. The zero-order chi connectivity index (χ0) is 15.4. The Hall–Kier alpha value is -3.02. The van der Waals surface area contributed by atoms with Crippen molar-refractivity contribution in [3.8, 4) is 17.1 Å². The molecular weight excluding hydrogens is 284 g/mol. The lowest BCUT2D eigenvalue weighted by atomic mass is 10.1. The van der Waals surface area contributed by atoms with Gasteiger partial charge in [0.25, 0.3) is 5.91 Å². The third kappa shape index (κ3) is 3.01. The Morgan fingerprint density at radius 2 is 2.09 bits per heavy atom. The topological polar surface area (TPSA) is 77.5 Å². The van der Waals surface area contributed by atoms with Gasteiger partial charge in [0.05, 0.1) is 19.9 Å². The molecule has 0 fully saturated rings. The number of hydrogen-bond acceptors (Lipinski definition) is 5. The van der Waals surface area contributed by atoms with Crippen LogP contribution in [0.4, 0.5) is 0 Å². The molecule has 3 aromatic rings. The van der Waals surface area contributed by atoms with E-state index in [0.29, 0.717) is 11.5 Å². The molecule has 0 atom stereocenters. The number of aromatic nitrogens is 1. The van der Waals surface area contributed by atoms with Crippen LogP contribution >= 0.6 is 0 Å². The normalized spacial score (nSPS) is 10.4. The van der Waals surface area contributed by atoms with Crippen LogP contribution in [0, 0.1) is 0 Å². The van der Waals surface area contributed by atoms with E-state index < -0.39 is 0 Å². The Morgan fingerprint density at radius 3 is 2.77 bits per heavy atom. The molecule has 0 spiro atoms. The standard InChI is InChI=1S/C16H14N2O4/c1-20-13-6-4-11(5-7-13)15-9-12(18-22-15)10-17-16(19)14-3-2-8-21-14/h2-9H,10H2,1H3,(H,17,19). The summed E-state index contributed by atoms with van der Waals surface area (Å²) in [4.78, 5) is 11.7. The molecule has 0 bridgehead atoms. The number of rotatable bonds is 5. The van der Waals surface area contributed by atoms with Crippen molar-refractivity contribution < 1.29 is 18.5 Å². The fourth-order valence-electron chi connectivity index (χ4n) is 1.95. The molecule has 0 saturated carbocycles. The highest BCUT2D eigenvalue weighted by molar-refractivity contribution is 5.91. The zero-order valence-electron chi connectivity index (χ0n) is 11.9. The fraction of sp³-hybridized carbons (Fsp3) is 0.125. The monoisotopic (exact) mass is 298 g/mol. The third-order valence-electron chi connectivity index (χ3n) is 3.11. The summed E-state index contributed by atoms with van der Waals surface area (Å²) in [6.45, 7) is 0.263. The second kappa shape index (κ2) is 6.17. The molecule has 1 N–H and O–H groups in total. The number of nitrogens with zero attached hydrogens (tertiary/aromatic N) is 1. The number of benzene rings is 1. The SMILES string of the molecule is COc1ccc(-c2cc(CNC(=O)c3ccco3)no2)cc1. The molecular formula is C16H14N2O4. The number of carbonyl (C=O) groups is 1. The van der Waals surface area contributed by atoms with Crippen molar-refractivity contribution in [3.05, 3.63) is 60.2 Å². The highest BCUT2D eigenvalue weighted by Gasteiger charge is 2.11. The van der Waals surface area contributed by atoms with Gasteiger partial charge in [-0.2, -0.15) is 0 Å². The van der Waals surface area contributed by atoms with Gasteiger partial charge in [-0.25, -0.2) is 0 Å². The first-order valence-corrected chi connectivity index (χ1v) is 6.68. The predicted octanol–water partition coefficient (Wildman–Crippen LogP) is 2.87. The molecule has 0 saturated heterocycles. The van der Waals surface area contributed by atoms with Crippen molar-refractivity contribution in [3.63, 3.8) is 0 Å². The number of amides is 1. The Balaban J connectivity index is 1.64. The van der Waals surface area contributed by atoms with Crippen molar-refractivity contribution in [1.29, 1.82) is 0 Å². The molecule has 0 radical (unpaired) electrons. The van der Waals surface area contributed by atoms with E-state index in [9.17, 15) is 4.79 Å². The lowest BCUT2D eigenvalue weighted by Crippen LogP contribution is -2.22. The summed E-state index contributed by atoms with van der Waals surface area (Å²) in [7, 11) is 1.61. The van der Waals surface area contributed by atoms with Gasteiger partial charge in [-0.15, -0.1) is 0 Å².